The van der Waals surface area contributed by atoms with Crippen LogP contribution in [0.15, 0.2) is 16.9 Å². The van der Waals surface area contributed by atoms with Gasteiger partial charge in [-0.2, -0.15) is 0 Å². The minimum absolute atomic E-state index is 0.115. The van der Waals surface area contributed by atoms with Gasteiger partial charge in [0, 0.05) is 23.8 Å². The summed E-state index contributed by atoms with van der Waals surface area (Å²) in [6.07, 6.45) is 4.75. The number of hydrogen-bond donors (Lipinski definition) is 1. The smallest absolute Gasteiger partial charge is 0.255 e. The fraction of sp³-hybridized carbons (Fsp3) is 0.583. The number of aryl methyl sites for hydroxylation is 1. The zero-order valence-corrected chi connectivity index (χ0v) is 9.20. The second kappa shape index (κ2) is 4.19. The molecule has 1 aliphatic rings. The van der Waals surface area contributed by atoms with Crippen LogP contribution in [0.4, 0.5) is 0 Å². The summed E-state index contributed by atoms with van der Waals surface area (Å²) in [7, 11) is 0. The molecule has 1 saturated carbocycles. The topological polar surface area (TPSA) is 48.0 Å². The maximum absolute atomic E-state index is 12.1. The van der Waals surface area contributed by atoms with E-state index in [0.717, 1.165) is 24.1 Å². The van der Waals surface area contributed by atoms with Gasteiger partial charge in [-0.05, 0) is 25.8 Å². The van der Waals surface area contributed by atoms with Crippen molar-refractivity contribution in [2.45, 2.75) is 45.2 Å². The summed E-state index contributed by atoms with van der Waals surface area (Å²) in [4.78, 5) is 12.1. The quantitative estimate of drug-likeness (QED) is 0.801. The van der Waals surface area contributed by atoms with E-state index >= 15 is 0 Å². The number of pyridine rings is 1. The van der Waals surface area contributed by atoms with Crippen molar-refractivity contribution in [1.29, 1.82) is 0 Å². The van der Waals surface area contributed by atoms with Crippen LogP contribution in [-0.4, -0.2) is 4.57 Å². The summed E-state index contributed by atoms with van der Waals surface area (Å²) in [5.74, 6) is 0. The van der Waals surface area contributed by atoms with Crippen LogP contribution >= 0.6 is 0 Å². The van der Waals surface area contributed by atoms with Crippen LogP contribution in [-0.2, 0) is 6.54 Å². The van der Waals surface area contributed by atoms with Gasteiger partial charge in [-0.3, -0.25) is 4.79 Å². The van der Waals surface area contributed by atoms with Gasteiger partial charge in [0.1, 0.15) is 0 Å². The molecular weight excluding hydrogens is 188 g/mol. The second-order valence-corrected chi connectivity index (χ2v) is 4.32. The first-order chi connectivity index (χ1) is 7.24. The van der Waals surface area contributed by atoms with Crippen LogP contribution in [0.1, 0.15) is 43.0 Å². The van der Waals surface area contributed by atoms with Crippen molar-refractivity contribution in [2.75, 3.05) is 0 Å². The van der Waals surface area contributed by atoms with Gasteiger partial charge in [0.15, 0.2) is 0 Å². The molecule has 1 fully saturated rings. The summed E-state index contributed by atoms with van der Waals surface area (Å²) in [6, 6.07) is 4.26. The van der Waals surface area contributed by atoms with Gasteiger partial charge < -0.3 is 10.3 Å². The highest BCUT2D eigenvalue weighted by Gasteiger charge is 2.19. The predicted octanol–water partition coefficient (Wildman–Crippen LogP) is 1.73. The van der Waals surface area contributed by atoms with Crippen LogP contribution in [0.5, 0.6) is 0 Å². The molecular formula is C12H18N2O. The maximum Gasteiger partial charge on any atom is 0.255 e. The number of rotatable bonds is 2. The fourth-order valence-electron chi connectivity index (χ4n) is 2.46. The van der Waals surface area contributed by atoms with Crippen LogP contribution in [0, 0.1) is 6.92 Å². The third-order valence-corrected chi connectivity index (χ3v) is 3.31. The van der Waals surface area contributed by atoms with Gasteiger partial charge in [0.2, 0.25) is 0 Å². The average Bonchev–Trinajstić information content (AvgIpc) is 2.71. The molecule has 0 saturated heterocycles. The Morgan fingerprint density at radius 3 is 2.67 bits per heavy atom. The van der Waals surface area contributed by atoms with E-state index in [9.17, 15) is 4.79 Å². The largest absolute Gasteiger partial charge is 0.326 e. The highest BCUT2D eigenvalue weighted by Crippen LogP contribution is 2.29. The van der Waals surface area contributed by atoms with Crippen molar-refractivity contribution < 1.29 is 0 Å². The van der Waals surface area contributed by atoms with Gasteiger partial charge in [-0.15, -0.1) is 0 Å². The normalized spacial score (nSPS) is 17.2. The molecule has 1 aromatic heterocycles. The molecule has 0 spiro atoms. The van der Waals surface area contributed by atoms with Crippen molar-refractivity contribution >= 4 is 0 Å². The SMILES string of the molecule is Cc1ccc(CN)c(=O)n1C1CCCC1. The first-order valence-electron chi connectivity index (χ1n) is 5.65. The Labute approximate surface area is 89.9 Å². The number of aromatic nitrogens is 1. The summed E-state index contributed by atoms with van der Waals surface area (Å²) < 4.78 is 1.94. The first-order valence-corrected chi connectivity index (χ1v) is 5.65. The van der Waals surface area contributed by atoms with Crippen molar-refractivity contribution in [3.05, 3.63) is 33.7 Å². The molecule has 0 bridgehead atoms. The van der Waals surface area contributed by atoms with E-state index in [2.05, 4.69) is 0 Å². The Kier molecular flexibility index (Phi) is 2.91. The zero-order valence-electron chi connectivity index (χ0n) is 9.20. The zero-order chi connectivity index (χ0) is 10.8. The Bertz CT molecular complexity index is 403. The molecule has 1 aliphatic carbocycles. The summed E-state index contributed by atoms with van der Waals surface area (Å²) in [5.41, 5.74) is 7.46. The van der Waals surface area contributed by atoms with E-state index in [1.807, 2.05) is 23.6 Å². The molecule has 2 rings (SSSR count). The van der Waals surface area contributed by atoms with E-state index in [0.29, 0.717) is 12.6 Å². The third kappa shape index (κ3) is 1.84. The molecule has 3 nitrogen and oxygen atoms in total. The lowest BCUT2D eigenvalue weighted by atomic mass is 10.2. The molecule has 2 N–H and O–H groups in total. The highest BCUT2D eigenvalue weighted by molar-refractivity contribution is 5.16. The van der Waals surface area contributed by atoms with E-state index in [1.54, 1.807) is 0 Å². The van der Waals surface area contributed by atoms with Crippen molar-refractivity contribution in [3.63, 3.8) is 0 Å². The standard InChI is InChI=1S/C12H18N2O/c1-9-6-7-10(8-13)12(15)14(9)11-4-2-3-5-11/h6-7,11H,2-5,8,13H2,1H3. The van der Waals surface area contributed by atoms with Crippen LogP contribution in [0.2, 0.25) is 0 Å². The Balaban J connectivity index is 2.48. The average molecular weight is 206 g/mol. The van der Waals surface area contributed by atoms with E-state index < -0.39 is 0 Å². The molecule has 15 heavy (non-hydrogen) atoms. The molecule has 0 radical (unpaired) electrons. The van der Waals surface area contributed by atoms with Crippen LogP contribution in [0.3, 0.4) is 0 Å². The molecule has 1 aromatic rings. The lowest BCUT2D eigenvalue weighted by Crippen LogP contribution is -2.29. The van der Waals surface area contributed by atoms with Gasteiger partial charge in [0.05, 0.1) is 0 Å². The second-order valence-electron chi connectivity index (χ2n) is 4.32. The number of hydrogen-bond acceptors (Lipinski definition) is 2. The monoisotopic (exact) mass is 206 g/mol. The molecule has 0 atom stereocenters. The predicted molar refractivity (Wildman–Crippen MR) is 60.8 cm³/mol. The Hall–Kier alpha value is -1.09. The molecule has 0 aliphatic heterocycles. The molecule has 1 heterocycles. The summed E-state index contributed by atoms with van der Waals surface area (Å²) in [6.45, 7) is 2.34. The van der Waals surface area contributed by atoms with Crippen LogP contribution < -0.4 is 11.3 Å². The van der Waals surface area contributed by atoms with Crippen molar-refractivity contribution in [2.24, 2.45) is 5.73 Å². The van der Waals surface area contributed by atoms with E-state index in [4.69, 9.17) is 5.73 Å². The third-order valence-electron chi connectivity index (χ3n) is 3.31. The van der Waals surface area contributed by atoms with Crippen LogP contribution in [0.25, 0.3) is 0 Å². The summed E-state index contributed by atoms with van der Waals surface area (Å²) in [5, 5.41) is 0. The van der Waals surface area contributed by atoms with Gasteiger partial charge in [-0.1, -0.05) is 18.9 Å². The van der Waals surface area contributed by atoms with Gasteiger partial charge in [-0.25, -0.2) is 0 Å². The first kappa shape index (κ1) is 10.4. The molecule has 0 unspecified atom stereocenters. The van der Waals surface area contributed by atoms with Crippen molar-refractivity contribution in [1.82, 2.24) is 4.57 Å². The lowest BCUT2D eigenvalue weighted by molar-refractivity contribution is 0.488. The highest BCUT2D eigenvalue weighted by atomic mass is 16.1. The maximum atomic E-state index is 12.1. The summed E-state index contributed by atoms with van der Waals surface area (Å²) >= 11 is 0. The Morgan fingerprint density at radius 1 is 1.40 bits per heavy atom. The van der Waals surface area contributed by atoms with E-state index in [-0.39, 0.29) is 5.56 Å². The fourth-order valence-corrected chi connectivity index (χ4v) is 2.46. The number of nitrogens with zero attached hydrogens (tertiary/aromatic N) is 1. The minimum atomic E-state index is 0.115. The van der Waals surface area contributed by atoms with Crippen molar-refractivity contribution in [3.8, 4) is 0 Å². The Morgan fingerprint density at radius 2 is 2.07 bits per heavy atom. The molecule has 0 aromatic carbocycles. The molecule has 82 valence electrons. The minimum Gasteiger partial charge on any atom is -0.326 e. The number of nitrogens with two attached hydrogens (primary N) is 1. The molecule has 3 heteroatoms. The van der Waals surface area contributed by atoms with Gasteiger partial charge in [0.25, 0.3) is 5.56 Å². The lowest BCUT2D eigenvalue weighted by Gasteiger charge is -2.17. The van der Waals surface area contributed by atoms with E-state index in [1.165, 1.54) is 12.8 Å². The molecule has 0 amide bonds. The van der Waals surface area contributed by atoms with Gasteiger partial charge >= 0.3 is 0 Å².